The molecule has 2 amide bonds. The van der Waals surface area contributed by atoms with Gasteiger partial charge in [0.15, 0.2) is 5.69 Å². The van der Waals surface area contributed by atoms with Crippen LogP contribution in [0.25, 0.3) is 10.9 Å². The lowest BCUT2D eigenvalue weighted by Gasteiger charge is -2.07. The third-order valence-electron chi connectivity index (χ3n) is 5.08. The predicted octanol–water partition coefficient (Wildman–Crippen LogP) is 5.73. The van der Waals surface area contributed by atoms with Crippen LogP contribution >= 0.6 is 11.8 Å². The summed E-state index contributed by atoms with van der Waals surface area (Å²) in [6.45, 7) is 2.76. The summed E-state index contributed by atoms with van der Waals surface area (Å²) in [5.74, 6) is -0.172. The number of benzene rings is 2. The van der Waals surface area contributed by atoms with Gasteiger partial charge in [-0.3, -0.25) is 0 Å². The number of nitrogens with zero attached hydrogens (tertiary/aromatic N) is 3. The average molecular weight is 455 g/mol. The number of fused-ring (bicyclic) bond motifs is 1. The third kappa shape index (κ3) is 5.67. The Morgan fingerprint density at radius 2 is 1.88 bits per heavy atom. The summed E-state index contributed by atoms with van der Waals surface area (Å²) in [5.41, 5.74) is 7.48. The Morgan fingerprint density at radius 1 is 1.12 bits per heavy atom. The van der Waals surface area contributed by atoms with E-state index in [9.17, 15) is 14.7 Å². The van der Waals surface area contributed by atoms with Gasteiger partial charge >= 0.3 is 12.0 Å². The number of aromatic hydroxyl groups is 1. The number of urea groups is 1. The molecule has 0 saturated carbocycles. The molecular weight excluding hydrogens is 428 g/mol. The molecule has 1 heterocycles. The first-order valence-electron chi connectivity index (χ1n) is 10.4. The fourth-order valence-electron chi connectivity index (χ4n) is 3.44. The molecule has 8 nitrogen and oxygen atoms in total. The summed E-state index contributed by atoms with van der Waals surface area (Å²) in [7, 11) is 0. The first-order valence-corrected chi connectivity index (χ1v) is 11.4. The number of amides is 2. The molecule has 168 valence electrons. The van der Waals surface area contributed by atoms with Gasteiger partial charge in [-0.2, -0.15) is 0 Å². The number of hydrogen-bond donors (Lipinski definition) is 3. The number of carbonyl (C=O) groups excluding carboxylic acids is 1. The van der Waals surface area contributed by atoms with Crippen molar-refractivity contribution in [2.24, 2.45) is 16.0 Å². The Balaban J connectivity index is 1.80. The number of aryl methyl sites for hydroxylation is 2. The number of rotatable bonds is 10. The minimum absolute atomic E-state index is 0.0261. The number of aromatic carboxylic acids is 1. The first kappa shape index (κ1) is 23.3. The highest BCUT2D eigenvalue weighted by atomic mass is 32.2. The molecule has 0 unspecified atom stereocenters. The summed E-state index contributed by atoms with van der Waals surface area (Å²) in [6, 6.07) is 11.8. The minimum atomic E-state index is -0.937. The molecule has 1 aromatic heterocycles. The highest BCUT2D eigenvalue weighted by molar-refractivity contribution is 7.99. The zero-order valence-electron chi connectivity index (χ0n) is 17.8. The van der Waals surface area contributed by atoms with Gasteiger partial charge in [0, 0.05) is 22.6 Å². The minimum Gasteiger partial charge on any atom is -0.493 e. The quantitative estimate of drug-likeness (QED) is 0.204. The Labute approximate surface area is 190 Å². The monoisotopic (exact) mass is 454 g/mol. The van der Waals surface area contributed by atoms with E-state index < -0.39 is 12.0 Å². The lowest BCUT2D eigenvalue weighted by atomic mass is 10.1. The second-order valence-corrected chi connectivity index (χ2v) is 8.52. The van der Waals surface area contributed by atoms with Crippen LogP contribution in [0.15, 0.2) is 57.6 Å². The van der Waals surface area contributed by atoms with Gasteiger partial charge in [-0.15, -0.1) is 16.9 Å². The molecule has 0 aliphatic carbocycles. The summed E-state index contributed by atoms with van der Waals surface area (Å²) < 4.78 is 1.79. The van der Waals surface area contributed by atoms with Gasteiger partial charge in [0.1, 0.15) is 0 Å². The lowest BCUT2D eigenvalue weighted by molar-refractivity contribution is 0.0697. The number of aromatic nitrogens is 1. The lowest BCUT2D eigenvalue weighted by Crippen LogP contribution is -2.01. The Kier molecular flexibility index (Phi) is 7.88. The van der Waals surface area contributed by atoms with Crippen LogP contribution in [-0.4, -0.2) is 32.5 Å². The molecule has 0 aliphatic rings. The summed E-state index contributed by atoms with van der Waals surface area (Å²) >= 11 is 1.64. The molecule has 0 spiro atoms. The molecule has 0 saturated heterocycles. The van der Waals surface area contributed by atoms with Gasteiger partial charge < -0.3 is 20.5 Å². The molecule has 32 heavy (non-hydrogen) atoms. The number of hydrogen-bond acceptors (Lipinski definition) is 5. The smallest absolute Gasteiger partial charge is 0.356 e. The van der Waals surface area contributed by atoms with Crippen LogP contribution in [0, 0.1) is 0 Å². The maximum absolute atomic E-state index is 11.1. The predicted molar refractivity (Wildman–Crippen MR) is 125 cm³/mol. The molecule has 0 aliphatic heterocycles. The number of unbranched alkanes of at least 4 members (excludes halogenated alkanes) is 2. The highest BCUT2D eigenvalue weighted by Crippen LogP contribution is 2.41. The van der Waals surface area contributed by atoms with Crippen molar-refractivity contribution in [3.63, 3.8) is 0 Å². The fourth-order valence-corrected chi connectivity index (χ4v) is 4.38. The van der Waals surface area contributed by atoms with E-state index in [1.54, 1.807) is 28.5 Å². The topological polar surface area (TPSA) is 130 Å². The first-order chi connectivity index (χ1) is 15.4. The third-order valence-corrected chi connectivity index (χ3v) is 6.07. The average Bonchev–Trinajstić information content (AvgIpc) is 3.03. The number of carbonyl (C=O) groups is 2. The van der Waals surface area contributed by atoms with E-state index in [0.29, 0.717) is 11.9 Å². The molecule has 0 fully saturated rings. The van der Waals surface area contributed by atoms with Crippen LogP contribution in [-0.2, 0) is 13.0 Å². The van der Waals surface area contributed by atoms with E-state index in [1.165, 1.54) is 0 Å². The highest BCUT2D eigenvalue weighted by Gasteiger charge is 2.17. The van der Waals surface area contributed by atoms with Crippen molar-refractivity contribution in [2.75, 3.05) is 5.75 Å². The van der Waals surface area contributed by atoms with Crippen LogP contribution in [0.5, 0.6) is 5.88 Å². The summed E-state index contributed by atoms with van der Waals surface area (Å²) in [6.07, 6.45) is 3.80. The van der Waals surface area contributed by atoms with Crippen molar-refractivity contribution < 1.29 is 19.8 Å². The maximum atomic E-state index is 11.1. The van der Waals surface area contributed by atoms with Crippen molar-refractivity contribution in [2.45, 2.75) is 44.0 Å². The van der Waals surface area contributed by atoms with Crippen molar-refractivity contribution in [3.05, 3.63) is 53.6 Å². The number of carboxylic acid groups (broad SMARTS) is 1. The van der Waals surface area contributed by atoms with E-state index in [2.05, 4.69) is 17.2 Å². The Hall–Kier alpha value is -3.33. The van der Waals surface area contributed by atoms with Gasteiger partial charge in [0.2, 0.25) is 5.88 Å². The van der Waals surface area contributed by atoms with Gasteiger partial charge in [-0.1, -0.05) is 37.0 Å². The molecule has 0 radical (unpaired) electrons. The van der Waals surface area contributed by atoms with Crippen LogP contribution in [0.2, 0.25) is 0 Å². The van der Waals surface area contributed by atoms with E-state index in [0.717, 1.165) is 47.4 Å². The van der Waals surface area contributed by atoms with Gasteiger partial charge in [-0.25, -0.2) is 9.59 Å². The van der Waals surface area contributed by atoms with Gasteiger partial charge in [0.25, 0.3) is 0 Å². The second-order valence-electron chi connectivity index (χ2n) is 7.35. The van der Waals surface area contributed by atoms with E-state index >= 15 is 0 Å². The van der Waals surface area contributed by atoms with E-state index in [4.69, 9.17) is 10.8 Å². The standard InChI is InChI=1S/C23H26N4O4S/c1-2-3-4-12-27-19-10-9-17(14-18(19)20(21(27)28)25-26-23(24)31)32-13-11-15-5-7-16(8-6-15)22(29)30/h5-10,14,28H,2-4,11-13H2,1H3,(H2,24,31)(H,29,30). The molecule has 2 aromatic carbocycles. The molecule has 0 atom stereocenters. The zero-order chi connectivity index (χ0) is 23.1. The second kappa shape index (κ2) is 10.8. The van der Waals surface area contributed by atoms with Crippen LogP contribution in [0.3, 0.4) is 0 Å². The molecule has 3 rings (SSSR count). The molecule has 0 bridgehead atoms. The SMILES string of the molecule is CCCCCn1c(O)c(N=NC(N)=O)c2cc(SCCc3ccc(C(=O)O)cc3)ccc21. The van der Waals surface area contributed by atoms with Gasteiger partial charge in [0.05, 0.1) is 11.1 Å². The number of carboxylic acids is 1. The largest absolute Gasteiger partial charge is 0.493 e. The Bertz CT molecular complexity index is 1140. The van der Waals surface area contributed by atoms with E-state index in [-0.39, 0.29) is 17.1 Å². The van der Waals surface area contributed by atoms with Crippen LogP contribution < -0.4 is 5.73 Å². The molecular formula is C23H26N4O4S. The van der Waals surface area contributed by atoms with Gasteiger partial charge in [-0.05, 0) is 48.7 Å². The van der Waals surface area contributed by atoms with Crippen molar-refractivity contribution in [1.82, 2.24) is 4.57 Å². The zero-order valence-corrected chi connectivity index (χ0v) is 18.6. The number of primary amides is 1. The number of azo groups is 1. The van der Waals surface area contributed by atoms with Crippen molar-refractivity contribution in [1.29, 1.82) is 0 Å². The number of thioether (sulfide) groups is 1. The Morgan fingerprint density at radius 3 is 2.53 bits per heavy atom. The van der Waals surface area contributed by atoms with E-state index in [1.807, 2.05) is 30.3 Å². The fraction of sp³-hybridized carbons (Fsp3) is 0.304. The van der Waals surface area contributed by atoms with Crippen molar-refractivity contribution in [3.8, 4) is 5.88 Å². The van der Waals surface area contributed by atoms with Crippen LogP contribution in [0.4, 0.5) is 10.5 Å². The molecule has 9 heteroatoms. The summed E-state index contributed by atoms with van der Waals surface area (Å²) in [4.78, 5) is 23.0. The normalized spacial score (nSPS) is 11.4. The molecule has 4 N–H and O–H groups in total. The maximum Gasteiger partial charge on any atom is 0.356 e. The summed E-state index contributed by atoms with van der Waals surface area (Å²) in [5, 5.41) is 27.7. The molecule has 3 aromatic rings. The van der Waals surface area contributed by atoms with Crippen LogP contribution in [0.1, 0.15) is 42.1 Å². The van der Waals surface area contributed by atoms with Crippen molar-refractivity contribution >= 4 is 40.4 Å². The number of nitrogens with two attached hydrogens (primary N) is 1.